The minimum atomic E-state index is -4.33. The molecule has 4 aromatic heterocycles. The maximum atomic E-state index is 13.5. The summed E-state index contributed by atoms with van der Waals surface area (Å²) in [7, 11) is 7.68. The van der Waals surface area contributed by atoms with Crippen LogP contribution in [0.25, 0.3) is 23.0 Å². The van der Waals surface area contributed by atoms with Gasteiger partial charge in [-0.1, -0.05) is 47.8 Å². The highest BCUT2D eigenvalue weighted by Gasteiger charge is 2.45. The van der Waals surface area contributed by atoms with Gasteiger partial charge in [-0.15, -0.1) is 20.4 Å². The fourth-order valence-corrected chi connectivity index (χ4v) is 12.1. The second-order valence-electron chi connectivity index (χ2n) is 18.0. The van der Waals surface area contributed by atoms with Crippen LogP contribution in [-0.4, -0.2) is 135 Å². The van der Waals surface area contributed by atoms with Gasteiger partial charge < -0.3 is 28.7 Å². The Bertz CT molecular complexity index is 2460. The van der Waals surface area contributed by atoms with Crippen molar-refractivity contribution in [3.05, 3.63) is 84.2 Å². The fraction of sp³-hybridized carbons (Fsp3) is 0.522. The van der Waals surface area contributed by atoms with E-state index in [2.05, 4.69) is 40.4 Å². The second kappa shape index (κ2) is 20.1. The van der Waals surface area contributed by atoms with Gasteiger partial charge >= 0.3 is 12.4 Å². The Kier molecular flexibility index (Phi) is 14.2. The quantitative estimate of drug-likeness (QED) is 0.0603. The van der Waals surface area contributed by atoms with Gasteiger partial charge in [-0.3, -0.25) is 9.36 Å². The Morgan fingerprint density at radius 2 is 0.956 bits per heavy atom. The van der Waals surface area contributed by atoms with E-state index in [9.17, 15) is 26.3 Å². The molecule has 364 valence electrons. The zero-order valence-corrected chi connectivity index (χ0v) is 40.1. The number of benzene rings is 2. The molecule has 14 nitrogen and oxygen atoms in total. The first kappa shape index (κ1) is 48.0. The summed E-state index contributed by atoms with van der Waals surface area (Å²) in [6.45, 7) is 6.78. The van der Waals surface area contributed by atoms with Crippen molar-refractivity contribution >= 4 is 34.9 Å². The fourth-order valence-electron chi connectivity index (χ4n) is 10.4. The van der Waals surface area contributed by atoms with E-state index in [1.165, 1.54) is 24.3 Å². The number of alkyl halides is 6. The number of anilines is 2. The topological polar surface area (TPSA) is 110 Å². The molecule has 4 aliphatic rings. The van der Waals surface area contributed by atoms with Gasteiger partial charge in [0.2, 0.25) is 0 Å². The first-order chi connectivity index (χ1) is 32.7. The smallest absolute Gasteiger partial charge is 0.366 e. The van der Waals surface area contributed by atoms with Crippen LogP contribution in [0.3, 0.4) is 0 Å². The van der Waals surface area contributed by atoms with Crippen molar-refractivity contribution in [3.8, 4) is 23.0 Å². The standard InChI is InChI=1S/2C23H28F3N7S/c2*1-30-21(19-8-10-27-31(19)2)28-29-22(30)34-13-5-11-32-14-16-9-12-33(20(16)15-32)18-7-4-3-6-17(18)23(24,25)26/h2*3-4,6-8,10,16,20H,5,9,11-15H2,1-2H3/t2*16-,20+/m10/s1. The van der Waals surface area contributed by atoms with Crippen LogP contribution in [0.4, 0.5) is 37.7 Å². The molecule has 0 unspecified atom stereocenters. The Labute approximate surface area is 400 Å². The van der Waals surface area contributed by atoms with Crippen molar-refractivity contribution in [3.63, 3.8) is 0 Å². The van der Waals surface area contributed by atoms with E-state index in [0.717, 1.165) is 110 Å². The molecule has 8 heterocycles. The van der Waals surface area contributed by atoms with E-state index < -0.39 is 23.5 Å². The molecule has 4 aliphatic heterocycles. The highest BCUT2D eigenvalue weighted by atomic mass is 32.2. The summed E-state index contributed by atoms with van der Waals surface area (Å²) >= 11 is 3.35. The summed E-state index contributed by atoms with van der Waals surface area (Å²) in [4.78, 5) is 8.77. The maximum absolute atomic E-state index is 13.5. The van der Waals surface area contributed by atoms with Crippen LogP contribution in [0, 0.1) is 11.8 Å². The number of rotatable bonds is 14. The lowest BCUT2D eigenvalue weighted by molar-refractivity contribution is -0.138. The van der Waals surface area contributed by atoms with Gasteiger partial charge in [0.25, 0.3) is 0 Å². The van der Waals surface area contributed by atoms with Crippen LogP contribution >= 0.6 is 23.5 Å². The van der Waals surface area contributed by atoms with Crippen molar-refractivity contribution < 1.29 is 26.3 Å². The number of thioether (sulfide) groups is 2. The number of hydrogen-bond donors (Lipinski definition) is 0. The zero-order valence-electron chi connectivity index (χ0n) is 38.5. The van der Waals surface area contributed by atoms with Crippen molar-refractivity contribution in [1.82, 2.24) is 58.9 Å². The van der Waals surface area contributed by atoms with Crippen molar-refractivity contribution in [2.75, 3.05) is 73.7 Å². The lowest BCUT2D eigenvalue weighted by Gasteiger charge is -2.29. The van der Waals surface area contributed by atoms with Crippen LogP contribution in [0.5, 0.6) is 0 Å². The molecule has 0 bridgehead atoms. The number of hydrogen-bond acceptors (Lipinski definition) is 12. The molecule has 0 spiro atoms. The zero-order chi connectivity index (χ0) is 47.7. The van der Waals surface area contributed by atoms with Gasteiger partial charge in [-0.05, 0) is 87.0 Å². The molecule has 4 fully saturated rings. The molecule has 4 saturated heterocycles. The normalized spacial score (nSPS) is 20.9. The Hall–Kier alpha value is -5.06. The monoisotopic (exact) mass is 982 g/mol. The van der Waals surface area contributed by atoms with Crippen LogP contribution < -0.4 is 9.80 Å². The van der Waals surface area contributed by atoms with E-state index in [1.807, 2.05) is 59.3 Å². The Morgan fingerprint density at radius 3 is 1.34 bits per heavy atom. The Balaban J connectivity index is 0.000000170. The van der Waals surface area contributed by atoms with Crippen LogP contribution in [-0.2, 0) is 40.5 Å². The summed E-state index contributed by atoms with van der Waals surface area (Å²) in [6.07, 6.45) is -1.33. The number of fused-ring (bicyclic) bond motifs is 2. The van der Waals surface area contributed by atoms with Gasteiger partial charge in [0.1, 0.15) is 11.4 Å². The van der Waals surface area contributed by atoms with Gasteiger partial charge in [-0.25, -0.2) is 0 Å². The molecule has 10 rings (SSSR count). The predicted molar refractivity (Wildman–Crippen MR) is 251 cm³/mol. The summed E-state index contributed by atoms with van der Waals surface area (Å²) in [5, 5.41) is 27.4. The molecule has 0 aliphatic carbocycles. The number of halogens is 6. The largest absolute Gasteiger partial charge is 0.418 e. The van der Waals surface area contributed by atoms with Crippen LogP contribution in [0.2, 0.25) is 0 Å². The molecule has 4 atom stereocenters. The number of para-hydroxylation sites is 2. The molecule has 68 heavy (non-hydrogen) atoms. The average Bonchev–Trinajstić information content (AvgIpc) is 4.18. The van der Waals surface area contributed by atoms with Crippen LogP contribution in [0.15, 0.2) is 83.4 Å². The van der Waals surface area contributed by atoms with Gasteiger partial charge in [0, 0.05) is 115 Å². The molecular formula is C46H56F6N14S2. The molecule has 2 aromatic carbocycles. The lowest BCUT2D eigenvalue weighted by Crippen LogP contribution is -2.36. The first-order valence-corrected chi connectivity index (χ1v) is 24.9. The first-order valence-electron chi connectivity index (χ1n) is 23.0. The second-order valence-corrected chi connectivity index (χ2v) is 20.1. The minimum Gasteiger partial charge on any atom is -0.366 e. The van der Waals surface area contributed by atoms with Gasteiger partial charge in [0.05, 0.1) is 11.1 Å². The van der Waals surface area contributed by atoms with E-state index in [1.54, 1.807) is 69.5 Å². The van der Waals surface area contributed by atoms with Crippen LogP contribution in [0.1, 0.15) is 36.8 Å². The van der Waals surface area contributed by atoms with E-state index in [4.69, 9.17) is 0 Å². The third-order valence-corrected chi connectivity index (χ3v) is 16.0. The van der Waals surface area contributed by atoms with Gasteiger partial charge in [-0.2, -0.15) is 36.5 Å². The third kappa shape index (κ3) is 10.1. The molecule has 22 heteroatoms. The van der Waals surface area contributed by atoms with Crippen molar-refractivity contribution in [2.24, 2.45) is 40.0 Å². The minimum absolute atomic E-state index is 0.149. The summed E-state index contributed by atoms with van der Waals surface area (Å²) < 4.78 is 88.8. The average molecular weight is 983 g/mol. The summed E-state index contributed by atoms with van der Waals surface area (Å²) in [5.41, 5.74) is 1.43. The molecule has 6 aromatic rings. The highest BCUT2D eigenvalue weighted by Crippen LogP contribution is 2.44. The molecular weight excluding hydrogens is 927 g/mol. The molecule has 0 saturated carbocycles. The molecule has 0 N–H and O–H groups in total. The van der Waals surface area contributed by atoms with Crippen molar-refractivity contribution in [1.29, 1.82) is 0 Å². The summed E-state index contributed by atoms with van der Waals surface area (Å²) in [5.74, 6) is 4.24. The van der Waals surface area contributed by atoms with E-state index in [0.29, 0.717) is 36.3 Å². The number of aromatic nitrogens is 10. The van der Waals surface area contributed by atoms with Crippen molar-refractivity contribution in [2.45, 2.75) is 60.4 Å². The summed E-state index contributed by atoms with van der Waals surface area (Å²) in [6, 6.07) is 16.1. The molecule has 0 amide bonds. The molecule has 0 radical (unpaired) electrons. The Morgan fingerprint density at radius 1 is 0.544 bits per heavy atom. The van der Waals surface area contributed by atoms with E-state index >= 15 is 0 Å². The maximum Gasteiger partial charge on any atom is 0.418 e. The predicted octanol–water partition coefficient (Wildman–Crippen LogP) is 7.85. The SMILES string of the molecule is Cn1nccc1-c1nnc(SCCCN2C[C@@H]3CCN(c4ccccc4C(F)(F)F)[C@@H]3C2)n1C.Cn1nccc1-c1nnc(SCCCN2C[C@H]3CCN(c4ccccc4C(F)(F)F)[C@H]3C2)n1C. The van der Waals surface area contributed by atoms with E-state index in [-0.39, 0.29) is 12.1 Å². The number of nitrogens with zero attached hydrogens (tertiary/aromatic N) is 14. The highest BCUT2D eigenvalue weighted by molar-refractivity contribution is 7.99. The lowest BCUT2D eigenvalue weighted by atomic mass is 10.0. The number of aryl methyl sites for hydroxylation is 2. The number of likely N-dealkylation sites (tertiary alicyclic amines) is 2. The third-order valence-electron chi connectivity index (χ3n) is 13.8. The van der Waals surface area contributed by atoms with Gasteiger partial charge in [0.15, 0.2) is 22.0 Å².